The number of hydrogen-bond donors (Lipinski definition) is 0. The summed E-state index contributed by atoms with van der Waals surface area (Å²) in [5, 5.41) is 0. The molecule has 2 aromatic carbocycles. The predicted molar refractivity (Wildman–Crippen MR) is 73.2 cm³/mol. The molecule has 1 aliphatic rings. The topological polar surface area (TPSA) is 12.5 Å². The third-order valence-corrected chi connectivity index (χ3v) is 3.51. The van der Waals surface area contributed by atoms with Gasteiger partial charge < -0.3 is 4.74 Å². The maximum absolute atomic E-state index is 6.05. The molecule has 2 atom stereocenters. The van der Waals surface area contributed by atoms with Crippen molar-refractivity contribution in [2.75, 3.05) is 0 Å². The van der Waals surface area contributed by atoms with Crippen LogP contribution >= 0.6 is 0 Å². The summed E-state index contributed by atoms with van der Waals surface area (Å²) in [6.07, 6.45) is 2.94. The highest BCUT2D eigenvalue weighted by Gasteiger charge is 2.57. The molecule has 3 rings (SSSR count). The van der Waals surface area contributed by atoms with Gasteiger partial charge >= 0.3 is 0 Å². The molecule has 0 aliphatic carbocycles. The Labute approximate surface area is 108 Å². The average Bonchev–Trinajstić information content (AvgIpc) is 3.17. The molecule has 0 spiro atoms. The SMILES string of the molecule is C=CC[C@]1(c2ccccc2)O[C@@H]1c1ccccc1. The van der Waals surface area contributed by atoms with Crippen LogP contribution in [0.5, 0.6) is 0 Å². The van der Waals surface area contributed by atoms with Crippen LogP contribution in [-0.2, 0) is 10.3 Å². The Morgan fingerprint density at radius 1 is 1.00 bits per heavy atom. The highest BCUT2D eigenvalue weighted by molar-refractivity contribution is 5.36. The first-order valence-corrected chi connectivity index (χ1v) is 6.26. The van der Waals surface area contributed by atoms with Crippen LogP contribution in [0.3, 0.4) is 0 Å². The lowest BCUT2D eigenvalue weighted by Crippen LogP contribution is -2.08. The molecular formula is C17H16O. The zero-order valence-corrected chi connectivity index (χ0v) is 10.3. The minimum absolute atomic E-state index is 0.152. The van der Waals surface area contributed by atoms with Crippen LogP contribution in [0.4, 0.5) is 0 Å². The van der Waals surface area contributed by atoms with Gasteiger partial charge in [0, 0.05) is 6.42 Å². The van der Waals surface area contributed by atoms with Crippen molar-refractivity contribution in [3.63, 3.8) is 0 Å². The van der Waals surface area contributed by atoms with E-state index < -0.39 is 0 Å². The van der Waals surface area contributed by atoms with Crippen molar-refractivity contribution in [2.45, 2.75) is 18.1 Å². The number of epoxide rings is 1. The van der Waals surface area contributed by atoms with Crippen molar-refractivity contribution in [2.24, 2.45) is 0 Å². The fourth-order valence-electron chi connectivity index (χ4n) is 2.57. The molecule has 1 heterocycles. The van der Waals surface area contributed by atoms with Gasteiger partial charge in [-0.05, 0) is 11.1 Å². The summed E-state index contributed by atoms with van der Waals surface area (Å²) in [5.41, 5.74) is 2.27. The van der Waals surface area contributed by atoms with Crippen molar-refractivity contribution in [1.29, 1.82) is 0 Å². The maximum Gasteiger partial charge on any atom is 0.128 e. The van der Waals surface area contributed by atoms with E-state index in [9.17, 15) is 0 Å². The number of ether oxygens (including phenoxy) is 1. The van der Waals surface area contributed by atoms with Gasteiger partial charge in [-0.25, -0.2) is 0 Å². The molecule has 0 bridgehead atoms. The summed E-state index contributed by atoms with van der Waals surface area (Å²) >= 11 is 0. The van der Waals surface area contributed by atoms with Gasteiger partial charge in [-0.1, -0.05) is 66.7 Å². The Kier molecular flexibility index (Phi) is 2.77. The average molecular weight is 236 g/mol. The molecular weight excluding hydrogens is 220 g/mol. The predicted octanol–water partition coefficient (Wildman–Crippen LogP) is 4.23. The van der Waals surface area contributed by atoms with Crippen LogP contribution in [0.25, 0.3) is 0 Å². The zero-order valence-electron chi connectivity index (χ0n) is 10.3. The largest absolute Gasteiger partial charge is 0.356 e. The van der Waals surface area contributed by atoms with Gasteiger partial charge in [-0.15, -0.1) is 6.58 Å². The van der Waals surface area contributed by atoms with E-state index in [1.165, 1.54) is 11.1 Å². The van der Waals surface area contributed by atoms with Crippen molar-refractivity contribution in [1.82, 2.24) is 0 Å². The molecule has 0 amide bonds. The molecule has 90 valence electrons. The summed E-state index contributed by atoms with van der Waals surface area (Å²) in [5.74, 6) is 0. The maximum atomic E-state index is 6.05. The van der Waals surface area contributed by atoms with Gasteiger partial charge in [0.05, 0.1) is 0 Å². The molecule has 1 nitrogen and oxygen atoms in total. The first kappa shape index (κ1) is 11.2. The molecule has 0 aromatic heterocycles. The lowest BCUT2D eigenvalue weighted by Gasteiger charge is -2.11. The lowest BCUT2D eigenvalue weighted by atomic mass is 9.89. The van der Waals surface area contributed by atoms with E-state index >= 15 is 0 Å². The second-order valence-corrected chi connectivity index (χ2v) is 4.66. The molecule has 1 heteroatoms. The molecule has 1 saturated heterocycles. The van der Waals surface area contributed by atoms with E-state index in [4.69, 9.17) is 4.74 Å². The molecule has 18 heavy (non-hydrogen) atoms. The summed E-state index contributed by atoms with van der Waals surface area (Å²) in [7, 11) is 0. The smallest absolute Gasteiger partial charge is 0.128 e. The zero-order chi connectivity index (χ0) is 12.4. The highest BCUT2D eigenvalue weighted by atomic mass is 16.6. The van der Waals surface area contributed by atoms with Crippen LogP contribution < -0.4 is 0 Å². The van der Waals surface area contributed by atoms with Crippen molar-refractivity contribution in [3.8, 4) is 0 Å². The van der Waals surface area contributed by atoms with Crippen LogP contribution in [0, 0.1) is 0 Å². The molecule has 0 saturated carbocycles. The third-order valence-electron chi connectivity index (χ3n) is 3.51. The number of benzene rings is 2. The third kappa shape index (κ3) is 1.77. The van der Waals surface area contributed by atoms with E-state index in [1.54, 1.807) is 0 Å². The van der Waals surface area contributed by atoms with Gasteiger partial charge in [-0.2, -0.15) is 0 Å². The van der Waals surface area contributed by atoms with Gasteiger partial charge in [0.2, 0.25) is 0 Å². The Bertz CT molecular complexity index is 532. The van der Waals surface area contributed by atoms with E-state index in [0.717, 1.165) is 6.42 Å². The Morgan fingerprint density at radius 2 is 1.61 bits per heavy atom. The van der Waals surface area contributed by atoms with Gasteiger partial charge in [0.15, 0.2) is 0 Å². The van der Waals surface area contributed by atoms with E-state index in [1.807, 2.05) is 18.2 Å². The van der Waals surface area contributed by atoms with Crippen LogP contribution in [0.15, 0.2) is 73.3 Å². The second-order valence-electron chi connectivity index (χ2n) is 4.66. The molecule has 0 radical (unpaired) electrons. The molecule has 1 fully saturated rings. The number of hydrogen-bond acceptors (Lipinski definition) is 1. The first-order valence-electron chi connectivity index (χ1n) is 6.26. The monoisotopic (exact) mass is 236 g/mol. The minimum Gasteiger partial charge on any atom is -0.356 e. The summed E-state index contributed by atoms with van der Waals surface area (Å²) < 4.78 is 6.05. The van der Waals surface area contributed by atoms with Crippen LogP contribution in [-0.4, -0.2) is 0 Å². The molecule has 0 N–H and O–H groups in total. The van der Waals surface area contributed by atoms with Crippen LogP contribution in [0.2, 0.25) is 0 Å². The number of rotatable bonds is 4. The first-order chi connectivity index (χ1) is 8.87. The Balaban J connectivity index is 1.95. The van der Waals surface area contributed by atoms with Gasteiger partial charge in [-0.3, -0.25) is 0 Å². The summed E-state index contributed by atoms with van der Waals surface area (Å²) in [6.45, 7) is 3.86. The second kappa shape index (κ2) is 4.43. The van der Waals surface area contributed by atoms with E-state index in [0.29, 0.717) is 0 Å². The van der Waals surface area contributed by atoms with Gasteiger partial charge in [0.1, 0.15) is 11.7 Å². The lowest BCUT2D eigenvalue weighted by molar-refractivity contribution is 0.298. The van der Waals surface area contributed by atoms with Crippen LogP contribution in [0.1, 0.15) is 23.7 Å². The summed E-state index contributed by atoms with van der Waals surface area (Å²) in [6, 6.07) is 20.8. The van der Waals surface area contributed by atoms with Crippen molar-refractivity contribution < 1.29 is 4.74 Å². The molecule has 1 aliphatic heterocycles. The minimum atomic E-state index is -0.204. The molecule has 2 aromatic rings. The fourth-order valence-corrected chi connectivity index (χ4v) is 2.57. The van der Waals surface area contributed by atoms with Crippen molar-refractivity contribution >= 4 is 0 Å². The summed E-state index contributed by atoms with van der Waals surface area (Å²) in [4.78, 5) is 0. The Hall–Kier alpha value is -1.86. The normalized spacial score (nSPS) is 25.7. The Morgan fingerprint density at radius 3 is 2.22 bits per heavy atom. The molecule has 0 unspecified atom stereocenters. The fraction of sp³-hybridized carbons (Fsp3) is 0.176. The quantitative estimate of drug-likeness (QED) is 0.571. The van der Waals surface area contributed by atoms with Crippen molar-refractivity contribution in [3.05, 3.63) is 84.4 Å². The highest BCUT2D eigenvalue weighted by Crippen LogP contribution is 2.59. The van der Waals surface area contributed by atoms with E-state index in [2.05, 4.69) is 55.1 Å². The van der Waals surface area contributed by atoms with Gasteiger partial charge in [0.25, 0.3) is 0 Å². The standard InChI is InChI=1S/C17H16O/c1-2-13-17(15-11-7-4-8-12-15)16(18-17)14-9-5-3-6-10-14/h2-12,16H,1,13H2/t16-,17-/m1/s1. The van der Waals surface area contributed by atoms with E-state index in [-0.39, 0.29) is 11.7 Å².